The van der Waals surface area contributed by atoms with Crippen molar-refractivity contribution in [2.24, 2.45) is 0 Å². The Hall–Kier alpha value is -2.80. The van der Waals surface area contributed by atoms with Gasteiger partial charge in [-0.3, -0.25) is 9.36 Å². The van der Waals surface area contributed by atoms with Crippen molar-refractivity contribution in [3.8, 4) is 17.1 Å². The Morgan fingerprint density at radius 3 is 2.41 bits per heavy atom. The number of rotatable bonds is 6. The minimum atomic E-state index is -0.155. The molecule has 0 aliphatic rings. The van der Waals surface area contributed by atoms with Crippen LogP contribution < -0.4 is 5.32 Å². The van der Waals surface area contributed by atoms with Crippen LogP contribution >= 0.6 is 35.0 Å². The number of benzene rings is 3. The topological polar surface area (TPSA) is 59.8 Å². The highest BCUT2D eigenvalue weighted by Gasteiger charge is 2.19. The zero-order valence-corrected chi connectivity index (χ0v) is 19.8. The predicted octanol–water partition coefficient (Wildman–Crippen LogP) is 6.59. The lowest BCUT2D eigenvalue weighted by Gasteiger charge is -2.12. The van der Waals surface area contributed by atoms with E-state index in [-0.39, 0.29) is 11.7 Å². The third-order valence-corrected chi connectivity index (χ3v) is 6.58. The van der Waals surface area contributed by atoms with Crippen LogP contribution in [0.15, 0.2) is 71.9 Å². The number of hydrogen-bond acceptors (Lipinski definition) is 4. The van der Waals surface area contributed by atoms with E-state index in [1.54, 1.807) is 6.07 Å². The van der Waals surface area contributed by atoms with Crippen LogP contribution in [0.2, 0.25) is 10.0 Å². The van der Waals surface area contributed by atoms with Crippen LogP contribution in [-0.2, 0) is 4.79 Å². The van der Waals surface area contributed by atoms with Gasteiger partial charge in [0.05, 0.1) is 10.8 Å². The summed E-state index contributed by atoms with van der Waals surface area (Å²) >= 11 is 13.9. The Labute approximate surface area is 200 Å². The average molecular weight is 483 g/mol. The van der Waals surface area contributed by atoms with Gasteiger partial charge < -0.3 is 5.32 Å². The molecule has 0 spiro atoms. The number of carbonyl (C=O) groups is 1. The number of thioether (sulfide) groups is 1. The highest BCUT2D eigenvalue weighted by Crippen LogP contribution is 2.32. The SMILES string of the molecule is Cc1ccc(-n2c(SCC(=O)Nc3cccc(Cl)c3C)nnc2-c2ccccc2Cl)cc1. The monoisotopic (exact) mass is 482 g/mol. The second-order valence-electron chi connectivity index (χ2n) is 7.21. The second kappa shape index (κ2) is 9.77. The van der Waals surface area contributed by atoms with Crippen molar-refractivity contribution in [3.63, 3.8) is 0 Å². The van der Waals surface area contributed by atoms with Crippen molar-refractivity contribution in [2.45, 2.75) is 19.0 Å². The van der Waals surface area contributed by atoms with Crippen LogP contribution in [0.4, 0.5) is 5.69 Å². The Kier molecular flexibility index (Phi) is 6.84. The Morgan fingerprint density at radius 2 is 1.66 bits per heavy atom. The number of hydrogen-bond donors (Lipinski definition) is 1. The highest BCUT2D eigenvalue weighted by atomic mass is 35.5. The van der Waals surface area contributed by atoms with Crippen LogP contribution in [0.25, 0.3) is 17.1 Å². The van der Waals surface area contributed by atoms with Crippen molar-refractivity contribution in [3.05, 3.63) is 87.9 Å². The lowest BCUT2D eigenvalue weighted by atomic mass is 10.2. The molecule has 1 aromatic heterocycles. The first-order chi connectivity index (χ1) is 15.4. The summed E-state index contributed by atoms with van der Waals surface area (Å²) in [6.45, 7) is 3.90. The molecule has 1 amide bonds. The molecule has 162 valence electrons. The third kappa shape index (κ3) is 4.83. The Bertz CT molecular complexity index is 1270. The maximum absolute atomic E-state index is 12.6. The Morgan fingerprint density at radius 1 is 0.938 bits per heavy atom. The normalized spacial score (nSPS) is 10.9. The molecule has 0 radical (unpaired) electrons. The summed E-state index contributed by atoms with van der Waals surface area (Å²) in [5, 5.41) is 13.5. The molecule has 0 saturated heterocycles. The zero-order chi connectivity index (χ0) is 22.7. The minimum Gasteiger partial charge on any atom is -0.325 e. The van der Waals surface area contributed by atoms with Gasteiger partial charge >= 0.3 is 0 Å². The van der Waals surface area contributed by atoms with E-state index >= 15 is 0 Å². The molecule has 5 nitrogen and oxygen atoms in total. The average Bonchev–Trinajstić information content (AvgIpc) is 3.20. The molecule has 1 N–H and O–H groups in total. The Balaban J connectivity index is 1.62. The maximum Gasteiger partial charge on any atom is 0.234 e. The quantitative estimate of drug-likeness (QED) is 0.315. The second-order valence-corrected chi connectivity index (χ2v) is 8.96. The number of aromatic nitrogens is 3. The van der Waals surface area contributed by atoms with Crippen LogP contribution in [0.3, 0.4) is 0 Å². The summed E-state index contributed by atoms with van der Waals surface area (Å²) in [6, 6.07) is 21.0. The number of amides is 1. The van der Waals surface area contributed by atoms with Gasteiger partial charge in [-0.1, -0.05) is 70.9 Å². The van der Waals surface area contributed by atoms with Crippen molar-refractivity contribution >= 4 is 46.6 Å². The van der Waals surface area contributed by atoms with Gasteiger partial charge in [0.2, 0.25) is 5.91 Å². The number of aryl methyl sites for hydroxylation is 1. The number of nitrogens with zero attached hydrogens (tertiary/aromatic N) is 3. The van der Waals surface area contributed by atoms with E-state index in [4.69, 9.17) is 23.2 Å². The van der Waals surface area contributed by atoms with Gasteiger partial charge in [0.25, 0.3) is 0 Å². The lowest BCUT2D eigenvalue weighted by Crippen LogP contribution is -2.15. The standard InChI is InChI=1S/C24H20Cl2N4OS/c1-15-10-12-17(13-11-15)30-23(18-6-3-4-7-20(18)26)28-29-24(30)32-14-22(31)27-21-9-5-8-19(25)16(21)2/h3-13H,14H2,1-2H3,(H,27,31). The van der Waals surface area contributed by atoms with Gasteiger partial charge in [0, 0.05) is 22.0 Å². The first kappa shape index (κ1) is 22.4. The molecular formula is C24H20Cl2N4OS. The molecule has 8 heteroatoms. The molecule has 3 aromatic carbocycles. The number of carbonyl (C=O) groups excluding carboxylic acids is 1. The van der Waals surface area contributed by atoms with Gasteiger partial charge in [-0.25, -0.2) is 0 Å². The smallest absolute Gasteiger partial charge is 0.234 e. The van der Waals surface area contributed by atoms with Crippen LogP contribution in [0.1, 0.15) is 11.1 Å². The molecule has 0 atom stereocenters. The van der Waals surface area contributed by atoms with E-state index in [1.165, 1.54) is 11.8 Å². The number of anilines is 1. The summed E-state index contributed by atoms with van der Waals surface area (Å²) in [6.07, 6.45) is 0. The van der Waals surface area contributed by atoms with Crippen molar-refractivity contribution in [1.82, 2.24) is 14.8 Å². The van der Waals surface area contributed by atoms with Crippen LogP contribution in [-0.4, -0.2) is 26.4 Å². The molecule has 0 fully saturated rings. The van der Waals surface area contributed by atoms with E-state index in [9.17, 15) is 4.79 Å². The maximum atomic E-state index is 12.6. The first-order valence-electron chi connectivity index (χ1n) is 9.89. The van der Waals surface area contributed by atoms with E-state index < -0.39 is 0 Å². The fourth-order valence-electron chi connectivity index (χ4n) is 3.17. The highest BCUT2D eigenvalue weighted by molar-refractivity contribution is 7.99. The molecular weight excluding hydrogens is 463 g/mol. The number of halogens is 2. The molecule has 0 aliphatic carbocycles. The fraction of sp³-hybridized carbons (Fsp3) is 0.125. The molecule has 0 unspecified atom stereocenters. The summed E-state index contributed by atoms with van der Waals surface area (Å²) < 4.78 is 1.92. The number of nitrogens with one attached hydrogen (secondary N) is 1. The van der Waals surface area contributed by atoms with Gasteiger partial charge in [0.15, 0.2) is 11.0 Å². The third-order valence-electron chi connectivity index (χ3n) is 4.91. The summed E-state index contributed by atoms with van der Waals surface area (Å²) in [5.74, 6) is 0.629. The summed E-state index contributed by atoms with van der Waals surface area (Å²) in [5.41, 5.74) is 4.33. The molecule has 0 aliphatic heterocycles. The van der Waals surface area contributed by atoms with Crippen LogP contribution in [0, 0.1) is 13.8 Å². The van der Waals surface area contributed by atoms with E-state index in [0.29, 0.717) is 26.7 Å². The van der Waals surface area contributed by atoms with Gasteiger partial charge in [0.1, 0.15) is 0 Å². The summed E-state index contributed by atoms with van der Waals surface area (Å²) in [4.78, 5) is 12.6. The van der Waals surface area contributed by atoms with Crippen molar-refractivity contribution in [1.29, 1.82) is 0 Å². The summed E-state index contributed by atoms with van der Waals surface area (Å²) in [7, 11) is 0. The largest absolute Gasteiger partial charge is 0.325 e. The minimum absolute atomic E-state index is 0.155. The lowest BCUT2D eigenvalue weighted by molar-refractivity contribution is -0.113. The van der Waals surface area contributed by atoms with Crippen molar-refractivity contribution in [2.75, 3.05) is 11.1 Å². The molecule has 0 bridgehead atoms. The van der Waals surface area contributed by atoms with E-state index in [0.717, 1.165) is 22.4 Å². The molecule has 4 aromatic rings. The van der Waals surface area contributed by atoms with Gasteiger partial charge in [-0.05, 0) is 55.8 Å². The van der Waals surface area contributed by atoms with Gasteiger partial charge in [-0.15, -0.1) is 10.2 Å². The van der Waals surface area contributed by atoms with E-state index in [2.05, 4.69) is 15.5 Å². The molecule has 1 heterocycles. The molecule has 32 heavy (non-hydrogen) atoms. The molecule has 4 rings (SSSR count). The first-order valence-corrected chi connectivity index (χ1v) is 11.6. The van der Waals surface area contributed by atoms with Crippen molar-refractivity contribution < 1.29 is 4.79 Å². The fourth-order valence-corrected chi connectivity index (χ4v) is 4.31. The predicted molar refractivity (Wildman–Crippen MR) is 132 cm³/mol. The van der Waals surface area contributed by atoms with Gasteiger partial charge in [-0.2, -0.15) is 0 Å². The zero-order valence-electron chi connectivity index (χ0n) is 17.5. The molecule has 0 saturated carbocycles. The van der Waals surface area contributed by atoms with Crippen LogP contribution in [0.5, 0.6) is 0 Å². The van der Waals surface area contributed by atoms with E-state index in [1.807, 2.05) is 79.1 Å².